The van der Waals surface area contributed by atoms with E-state index >= 15 is 0 Å². The molecule has 1 unspecified atom stereocenters. The lowest BCUT2D eigenvalue weighted by Gasteiger charge is -2.35. The quantitative estimate of drug-likeness (QED) is 0.915. The first-order valence-electron chi connectivity index (χ1n) is 7.92. The van der Waals surface area contributed by atoms with Crippen LogP contribution in [-0.4, -0.2) is 58.7 Å². The number of halogens is 1. The van der Waals surface area contributed by atoms with Crippen LogP contribution in [0.3, 0.4) is 0 Å². The first-order chi connectivity index (χ1) is 11.5. The van der Waals surface area contributed by atoms with Crippen LogP contribution in [0.5, 0.6) is 0 Å². The van der Waals surface area contributed by atoms with E-state index in [1.54, 1.807) is 24.0 Å². The Morgan fingerprint density at radius 3 is 2.67 bits per heavy atom. The van der Waals surface area contributed by atoms with Gasteiger partial charge in [-0.2, -0.15) is 0 Å². The van der Waals surface area contributed by atoms with Crippen LogP contribution in [0.1, 0.15) is 27.9 Å². The lowest BCUT2D eigenvalue weighted by Crippen LogP contribution is -2.49. The molecule has 1 aliphatic heterocycles. The second-order valence-corrected chi connectivity index (χ2v) is 6.37. The van der Waals surface area contributed by atoms with E-state index < -0.39 is 6.10 Å². The molecule has 2 heterocycles. The third kappa shape index (κ3) is 3.77. The Hall–Kier alpha value is -1.89. The number of amides is 1. The van der Waals surface area contributed by atoms with Crippen LogP contribution in [0.4, 0.5) is 0 Å². The number of aromatic nitrogens is 1. The van der Waals surface area contributed by atoms with Gasteiger partial charge in [0.25, 0.3) is 5.91 Å². The largest absolute Gasteiger partial charge is 0.387 e. The SMILES string of the molecule is Cc1cc(C(=O)N2CCN(CC(O)c3ccccc3Cl)CC2)on1. The average molecular weight is 350 g/mol. The topological polar surface area (TPSA) is 69.8 Å². The van der Waals surface area contributed by atoms with E-state index in [-0.39, 0.29) is 11.7 Å². The summed E-state index contributed by atoms with van der Waals surface area (Å²) in [6, 6.07) is 8.96. The second-order valence-electron chi connectivity index (χ2n) is 5.96. The van der Waals surface area contributed by atoms with Gasteiger partial charge in [0.05, 0.1) is 11.8 Å². The van der Waals surface area contributed by atoms with Crippen molar-refractivity contribution in [3.05, 3.63) is 52.4 Å². The van der Waals surface area contributed by atoms with Gasteiger partial charge in [0.1, 0.15) is 0 Å². The van der Waals surface area contributed by atoms with Crippen molar-refractivity contribution in [2.45, 2.75) is 13.0 Å². The van der Waals surface area contributed by atoms with E-state index in [9.17, 15) is 9.90 Å². The molecule has 0 aliphatic carbocycles. The van der Waals surface area contributed by atoms with Crippen molar-refractivity contribution in [1.82, 2.24) is 15.0 Å². The van der Waals surface area contributed by atoms with E-state index in [0.29, 0.717) is 43.4 Å². The van der Waals surface area contributed by atoms with Crippen molar-refractivity contribution < 1.29 is 14.4 Å². The number of hydrogen-bond acceptors (Lipinski definition) is 5. The third-order valence-corrected chi connectivity index (χ3v) is 4.54. The number of piperazine rings is 1. The van der Waals surface area contributed by atoms with Gasteiger partial charge in [0.15, 0.2) is 0 Å². The Morgan fingerprint density at radius 1 is 1.33 bits per heavy atom. The zero-order chi connectivity index (χ0) is 17.1. The molecule has 0 spiro atoms. The van der Waals surface area contributed by atoms with E-state index in [4.69, 9.17) is 16.1 Å². The van der Waals surface area contributed by atoms with Crippen LogP contribution < -0.4 is 0 Å². The zero-order valence-corrected chi connectivity index (χ0v) is 14.2. The number of aryl methyl sites for hydroxylation is 1. The van der Waals surface area contributed by atoms with E-state index in [1.165, 1.54) is 0 Å². The third-order valence-electron chi connectivity index (χ3n) is 4.19. The number of rotatable bonds is 4. The molecule has 1 saturated heterocycles. The summed E-state index contributed by atoms with van der Waals surface area (Å²) in [6.45, 7) is 4.85. The lowest BCUT2D eigenvalue weighted by molar-refractivity contribution is 0.0496. The Morgan fingerprint density at radius 2 is 2.04 bits per heavy atom. The molecular formula is C17H20ClN3O3. The van der Waals surface area contributed by atoms with Crippen LogP contribution in [-0.2, 0) is 0 Å². The Labute approximate surface area is 145 Å². The highest BCUT2D eigenvalue weighted by Gasteiger charge is 2.26. The standard InChI is InChI=1S/C17H20ClN3O3/c1-12-10-16(24-19-12)17(23)21-8-6-20(7-9-21)11-15(22)13-4-2-3-5-14(13)18/h2-5,10,15,22H,6-9,11H2,1H3. The number of aliphatic hydroxyl groups excluding tert-OH is 1. The van der Waals surface area contributed by atoms with Gasteiger partial charge in [0.2, 0.25) is 5.76 Å². The van der Waals surface area contributed by atoms with Gasteiger partial charge in [-0.05, 0) is 13.0 Å². The lowest BCUT2D eigenvalue weighted by atomic mass is 10.1. The van der Waals surface area contributed by atoms with E-state index in [1.807, 2.05) is 18.2 Å². The summed E-state index contributed by atoms with van der Waals surface area (Å²) in [6.07, 6.45) is -0.641. The molecule has 128 valence electrons. The second kappa shape index (κ2) is 7.34. The average Bonchev–Trinajstić information content (AvgIpc) is 3.02. The molecule has 0 bridgehead atoms. The van der Waals surface area contributed by atoms with Crippen LogP contribution in [0.2, 0.25) is 5.02 Å². The van der Waals surface area contributed by atoms with Crippen molar-refractivity contribution in [3.8, 4) is 0 Å². The number of carbonyl (C=O) groups excluding carboxylic acids is 1. The predicted octanol–water partition coefficient (Wildman–Crippen LogP) is 2.13. The molecule has 6 nitrogen and oxygen atoms in total. The first kappa shape index (κ1) is 17.0. The fourth-order valence-electron chi connectivity index (χ4n) is 2.84. The van der Waals surface area contributed by atoms with Gasteiger partial charge < -0.3 is 14.5 Å². The molecule has 0 saturated carbocycles. The summed E-state index contributed by atoms with van der Waals surface area (Å²) in [5.41, 5.74) is 1.43. The number of aliphatic hydroxyl groups is 1. The molecule has 1 aromatic carbocycles. The Balaban J connectivity index is 1.54. The van der Waals surface area contributed by atoms with Crippen molar-refractivity contribution >= 4 is 17.5 Å². The molecule has 2 aromatic rings. The van der Waals surface area contributed by atoms with Crippen LogP contribution in [0, 0.1) is 6.92 Å². The number of β-amino-alcohol motifs (C(OH)–C–C–N with tert-alkyl or cyclic N) is 1. The molecule has 24 heavy (non-hydrogen) atoms. The summed E-state index contributed by atoms with van der Waals surface area (Å²) in [4.78, 5) is 16.2. The minimum Gasteiger partial charge on any atom is -0.387 e. The molecule has 1 fully saturated rings. The van der Waals surface area contributed by atoms with Gasteiger partial charge in [-0.1, -0.05) is 35.0 Å². The normalized spacial score (nSPS) is 17.0. The smallest absolute Gasteiger partial charge is 0.292 e. The molecule has 1 aromatic heterocycles. The summed E-state index contributed by atoms with van der Waals surface area (Å²) < 4.78 is 5.03. The Bertz CT molecular complexity index is 711. The molecule has 3 rings (SSSR count). The van der Waals surface area contributed by atoms with Gasteiger partial charge in [0, 0.05) is 49.4 Å². The molecule has 7 heteroatoms. The van der Waals surface area contributed by atoms with Gasteiger partial charge in [-0.15, -0.1) is 0 Å². The maximum absolute atomic E-state index is 12.3. The summed E-state index contributed by atoms with van der Waals surface area (Å²) in [5.74, 6) is 0.138. The van der Waals surface area contributed by atoms with Gasteiger partial charge >= 0.3 is 0 Å². The number of carbonyl (C=O) groups is 1. The highest BCUT2D eigenvalue weighted by Crippen LogP contribution is 2.23. The number of hydrogen-bond donors (Lipinski definition) is 1. The zero-order valence-electron chi connectivity index (χ0n) is 13.5. The molecule has 1 N–H and O–H groups in total. The van der Waals surface area contributed by atoms with Crippen molar-refractivity contribution in [2.75, 3.05) is 32.7 Å². The molecule has 0 radical (unpaired) electrons. The van der Waals surface area contributed by atoms with Crippen molar-refractivity contribution in [3.63, 3.8) is 0 Å². The number of nitrogens with zero attached hydrogens (tertiary/aromatic N) is 3. The summed E-state index contributed by atoms with van der Waals surface area (Å²) >= 11 is 6.12. The fourth-order valence-corrected chi connectivity index (χ4v) is 3.10. The molecule has 1 atom stereocenters. The van der Waals surface area contributed by atoms with Crippen LogP contribution >= 0.6 is 11.6 Å². The summed E-state index contributed by atoms with van der Waals surface area (Å²) in [5, 5.41) is 14.7. The minimum atomic E-state index is -0.641. The fraction of sp³-hybridized carbons (Fsp3) is 0.412. The maximum atomic E-state index is 12.3. The predicted molar refractivity (Wildman–Crippen MR) is 90.0 cm³/mol. The van der Waals surface area contributed by atoms with Crippen LogP contribution in [0.15, 0.2) is 34.9 Å². The molecular weight excluding hydrogens is 330 g/mol. The molecule has 1 amide bonds. The highest BCUT2D eigenvalue weighted by molar-refractivity contribution is 6.31. The number of benzene rings is 1. The monoisotopic (exact) mass is 349 g/mol. The summed E-state index contributed by atoms with van der Waals surface area (Å²) in [7, 11) is 0. The maximum Gasteiger partial charge on any atom is 0.292 e. The van der Waals surface area contributed by atoms with Gasteiger partial charge in [-0.3, -0.25) is 9.69 Å². The van der Waals surface area contributed by atoms with E-state index in [2.05, 4.69) is 10.1 Å². The molecule has 1 aliphatic rings. The first-order valence-corrected chi connectivity index (χ1v) is 8.30. The van der Waals surface area contributed by atoms with Crippen molar-refractivity contribution in [2.24, 2.45) is 0 Å². The Kier molecular flexibility index (Phi) is 5.18. The van der Waals surface area contributed by atoms with Gasteiger partial charge in [-0.25, -0.2) is 0 Å². The van der Waals surface area contributed by atoms with Crippen molar-refractivity contribution in [1.29, 1.82) is 0 Å². The van der Waals surface area contributed by atoms with Crippen LogP contribution in [0.25, 0.3) is 0 Å². The van der Waals surface area contributed by atoms with E-state index in [0.717, 1.165) is 5.56 Å². The minimum absolute atomic E-state index is 0.137. The highest BCUT2D eigenvalue weighted by atomic mass is 35.5.